The van der Waals surface area contributed by atoms with Gasteiger partial charge in [-0.2, -0.15) is 0 Å². The van der Waals surface area contributed by atoms with Crippen molar-refractivity contribution in [1.82, 2.24) is 10.3 Å². The molecule has 1 heterocycles. The average molecular weight is 247 g/mol. The molecule has 0 radical (unpaired) electrons. The highest BCUT2D eigenvalue weighted by Crippen LogP contribution is 2.31. The maximum Gasteiger partial charge on any atom is 0.0572 e. The van der Waals surface area contributed by atoms with Gasteiger partial charge in [0.15, 0.2) is 0 Å². The van der Waals surface area contributed by atoms with Crippen molar-refractivity contribution in [3.05, 3.63) is 24.0 Å². The minimum atomic E-state index is 0.336. The molecule has 0 bridgehead atoms. The molecule has 100 valence electrons. The Hall–Kier alpha value is -1.09. The fraction of sp³-hybridized carbons (Fsp3) is 0.667. The lowest BCUT2D eigenvalue weighted by atomic mass is 10.2. The third-order valence-electron chi connectivity index (χ3n) is 3.65. The van der Waals surface area contributed by atoms with Gasteiger partial charge in [0.1, 0.15) is 0 Å². The molecule has 1 atom stereocenters. The lowest BCUT2D eigenvalue weighted by Crippen LogP contribution is -2.25. The molecule has 1 saturated carbocycles. The van der Waals surface area contributed by atoms with Crippen molar-refractivity contribution in [1.29, 1.82) is 0 Å². The van der Waals surface area contributed by atoms with E-state index in [1.54, 1.807) is 0 Å². The number of aromatic nitrogens is 1. The summed E-state index contributed by atoms with van der Waals surface area (Å²) in [4.78, 5) is 7.03. The van der Waals surface area contributed by atoms with Gasteiger partial charge in [0.2, 0.25) is 0 Å². The molecule has 1 aromatic rings. The summed E-state index contributed by atoms with van der Waals surface area (Å²) in [6.07, 6.45) is 4.83. The van der Waals surface area contributed by atoms with E-state index in [2.05, 4.69) is 48.1 Å². The molecular formula is C15H25N3. The number of nitrogens with zero attached hydrogens (tertiary/aromatic N) is 2. The van der Waals surface area contributed by atoms with Crippen LogP contribution in [0.5, 0.6) is 0 Å². The van der Waals surface area contributed by atoms with Gasteiger partial charge in [0.25, 0.3) is 0 Å². The first-order valence-corrected chi connectivity index (χ1v) is 7.18. The van der Waals surface area contributed by atoms with E-state index in [4.69, 9.17) is 0 Å². The van der Waals surface area contributed by atoms with Gasteiger partial charge < -0.3 is 10.2 Å². The van der Waals surface area contributed by atoms with E-state index in [9.17, 15) is 0 Å². The molecule has 2 rings (SSSR count). The van der Waals surface area contributed by atoms with E-state index >= 15 is 0 Å². The van der Waals surface area contributed by atoms with Gasteiger partial charge in [0, 0.05) is 19.1 Å². The van der Waals surface area contributed by atoms with Gasteiger partial charge in [-0.1, -0.05) is 6.92 Å². The predicted octanol–water partition coefficient (Wildman–Crippen LogP) is 2.99. The molecule has 1 unspecified atom stereocenters. The Labute approximate surface area is 111 Å². The normalized spacial score (nSPS) is 16.6. The van der Waals surface area contributed by atoms with Gasteiger partial charge in [-0.15, -0.1) is 0 Å². The lowest BCUT2D eigenvalue weighted by molar-refractivity contribution is 0.583. The van der Waals surface area contributed by atoms with Crippen LogP contribution >= 0.6 is 0 Å². The minimum absolute atomic E-state index is 0.336. The monoisotopic (exact) mass is 247 g/mol. The first-order valence-electron chi connectivity index (χ1n) is 7.18. The van der Waals surface area contributed by atoms with Gasteiger partial charge >= 0.3 is 0 Å². The summed E-state index contributed by atoms with van der Waals surface area (Å²) in [6, 6.07) is 4.70. The molecule has 1 aliphatic rings. The second-order valence-corrected chi connectivity index (χ2v) is 5.20. The first kappa shape index (κ1) is 13.3. The highest BCUT2D eigenvalue weighted by molar-refractivity contribution is 5.44. The van der Waals surface area contributed by atoms with E-state index < -0.39 is 0 Å². The Morgan fingerprint density at radius 3 is 2.67 bits per heavy atom. The molecule has 0 aromatic carbocycles. The van der Waals surface area contributed by atoms with Gasteiger partial charge in [0.05, 0.1) is 17.6 Å². The molecule has 1 aromatic heterocycles. The summed E-state index contributed by atoms with van der Waals surface area (Å²) in [5.74, 6) is 0.922. The van der Waals surface area contributed by atoms with E-state index in [1.807, 2.05) is 6.20 Å². The van der Waals surface area contributed by atoms with Crippen molar-refractivity contribution in [3.8, 4) is 0 Å². The van der Waals surface area contributed by atoms with Crippen molar-refractivity contribution in [2.24, 2.45) is 5.92 Å². The Bertz CT molecular complexity index is 357. The van der Waals surface area contributed by atoms with Crippen LogP contribution in [-0.4, -0.2) is 24.6 Å². The molecule has 18 heavy (non-hydrogen) atoms. The molecule has 1 fully saturated rings. The van der Waals surface area contributed by atoms with Crippen LogP contribution < -0.4 is 10.2 Å². The standard InChI is InChI=1S/C15H25N3/c1-4-16-12(3)15-9-8-14(10-17-15)18(5-2)11-13-6-7-13/h8-10,12-13,16H,4-7,11H2,1-3H3. The molecule has 0 amide bonds. The van der Waals surface area contributed by atoms with Gasteiger partial charge in [-0.25, -0.2) is 0 Å². The highest BCUT2D eigenvalue weighted by Gasteiger charge is 2.24. The van der Waals surface area contributed by atoms with E-state index in [-0.39, 0.29) is 0 Å². The second-order valence-electron chi connectivity index (χ2n) is 5.20. The molecule has 1 aliphatic carbocycles. The van der Waals surface area contributed by atoms with Gasteiger partial charge in [-0.3, -0.25) is 4.98 Å². The lowest BCUT2D eigenvalue weighted by Gasteiger charge is -2.23. The number of pyridine rings is 1. The number of anilines is 1. The summed E-state index contributed by atoms with van der Waals surface area (Å²) in [5, 5.41) is 3.39. The maximum absolute atomic E-state index is 4.59. The summed E-state index contributed by atoms with van der Waals surface area (Å²) in [5.41, 5.74) is 2.39. The van der Waals surface area contributed by atoms with Crippen LogP contribution in [0.3, 0.4) is 0 Å². The minimum Gasteiger partial charge on any atom is -0.370 e. The van der Waals surface area contributed by atoms with Crippen LogP contribution in [0, 0.1) is 5.92 Å². The Morgan fingerprint density at radius 2 is 2.17 bits per heavy atom. The molecule has 3 nitrogen and oxygen atoms in total. The molecule has 0 saturated heterocycles. The number of rotatable bonds is 7. The van der Waals surface area contributed by atoms with E-state index in [0.29, 0.717) is 6.04 Å². The molecule has 0 aliphatic heterocycles. The zero-order chi connectivity index (χ0) is 13.0. The predicted molar refractivity (Wildman–Crippen MR) is 76.9 cm³/mol. The zero-order valence-corrected chi connectivity index (χ0v) is 11.8. The Kier molecular flexibility index (Phi) is 4.59. The van der Waals surface area contributed by atoms with Crippen molar-refractivity contribution in [2.75, 3.05) is 24.5 Å². The Morgan fingerprint density at radius 1 is 1.39 bits per heavy atom. The van der Waals surface area contributed by atoms with Crippen LogP contribution in [0.2, 0.25) is 0 Å². The molecular weight excluding hydrogens is 222 g/mol. The van der Waals surface area contributed by atoms with Crippen molar-refractivity contribution < 1.29 is 0 Å². The summed E-state index contributed by atoms with van der Waals surface area (Å²) >= 11 is 0. The largest absolute Gasteiger partial charge is 0.370 e. The van der Waals surface area contributed by atoms with Crippen LogP contribution in [0.1, 0.15) is 45.3 Å². The SMILES string of the molecule is CCNC(C)c1ccc(N(CC)CC2CC2)cn1. The number of nitrogens with one attached hydrogen (secondary N) is 1. The fourth-order valence-electron chi connectivity index (χ4n) is 2.28. The first-order chi connectivity index (χ1) is 8.74. The average Bonchev–Trinajstić information content (AvgIpc) is 3.20. The fourth-order valence-corrected chi connectivity index (χ4v) is 2.28. The molecule has 1 N–H and O–H groups in total. The van der Waals surface area contributed by atoms with Crippen LogP contribution in [0.15, 0.2) is 18.3 Å². The third kappa shape index (κ3) is 3.45. The van der Waals surface area contributed by atoms with Crippen molar-refractivity contribution >= 4 is 5.69 Å². The summed E-state index contributed by atoms with van der Waals surface area (Å²) in [7, 11) is 0. The number of hydrogen-bond donors (Lipinski definition) is 1. The van der Waals surface area contributed by atoms with Crippen molar-refractivity contribution in [2.45, 2.75) is 39.7 Å². The Balaban J connectivity index is 2.00. The van der Waals surface area contributed by atoms with Gasteiger partial charge in [-0.05, 0) is 51.3 Å². The number of hydrogen-bond acceptors (Lipinski definition) is 3. The topological polar surface area (TPSA) is 28.2 Å². The van der Waals surface area contributed by atoms with Crippen molar-refractivity contribution in [3.63, 3.8) is 0 Å². The molecule has 3 heteroatoms. The third-order valence-corrected chi connectivity index (χ3v) is 3.65. The summed E-state index contributed by atoms with van der Waals surface area (Å²) < 4.78 is 0. The van der Waals surface area contributed by atoms with Crippen LogP contribution in [-0.2, 0) is 0 Å². The van der Waals surface area contributed by atoms with E-state index in [0.717, 1.165) is 24.7 Å². The molecule has 0 spiro atoms. The zero-order valence-electron chi connectivity index (χ0n) is 11.8. The van der Waals surface area contributed by atoms with Crippen LogP contribution in [0.25, 0.3) is 0 Å². The van der Waals surface area contributed by atoms with Crippen LogP contribution in [0.4, 0.5) is 5.69 Å². The second kappa shape index (κ2) is 6.19. The smallest absolute Gasteiger partial charge is 0.0572 e. The quantitative estimate of drug-likeness (QED) is 0.803. The highest BCUT2D eigenvalue weighted by atomic mass is 15.1. The summed E-state index contributed by atoms with van der Waals surface area (Å²) in [6.45, 7) is 9.75. The van der Waals surface area contributed by atoms with E-state index in [1.165, 1.54) is 25.1 Å². The maximum atomic E-state index is 4.59.